The lowest BCUT2D eigenvalue weighted by Crippen LogP contribution is -2.02. The fraction of sp³-hybridized carbons (Fsp3) is 0.100. The Bertz CT molecular complexity index is 396. The normalized spacial score (nSPS) is 9.21. The molecule has 0 saturated heterocycles. The Balaban J connectivity index is 2.87. The molecule has 0 unspecified atom stereocenters. The maximum atomic E-state index is 12.7. The molecule has 0 radical (unpaired) electrons. The quantitative estimate of drug-likeness (QED) is 0.833. The van der Waals surface area contributed by atoms with Gasteiger partial charge in [0.05, 0.1) is 17.8 Å². The Hall–Kier alpha value is -1.53. The Labute approximate surface area is 86.6 Å². The molecule has 0 bridgehead atoms. The number of nitriles is 1. The minimum atomic E-state index is -0.434. The van der Waals surface area contributed by atoms with Gasteiger partial charge in [-0.15, -0.1) is 0 Å². The van der Waals surface area contributed by atoms with Crippen LogP contribution in [-0.2, 0) is 0 Å². The fourth-order valence-corrected chi connectivity index (χ4v) is 1.02. The first-order chi connectivity index (χ1) is 6.63. The predicted molar refractivity (Wildman–Crippen MR) is 54.6 cm³/mol. The number of hydrogen-bond acceptors (Lipinski definition) is 2. The van der Waals surface area contributed by atoms with Gasteiger partial charge in [0, 0.05) is 5.03 Å². The first-order valence-corrected chi connectivity index (χ1v) is 4.28. The van der Waals surface area contributed by atoms with E-state index in [1.807, 2.05) is 6.07 Å². The molecule has 1 N–H and O–H groups in total. The minimum Gasteiger partial charge on any atom is -0.379 e. The first-order valence-electron chi connectivity index (χ1n) is 3.90. The van der Waals surface area contributed by atoms with Crippen molar-refractivity contribution in [3.8, 4) is 6.07 Å². The van der Waals surface area contributed by atoms with Gasteiger partial charge in [-0.2, -0.15) is 5.26 Å². The fourth-order valence-electron chi connectivity index (χ4n) is 0.954. The van der Waals surface area contributed by atoms with Crippen molar-refractivity contribution in [2.75, 3.05) is 11.9 Å². The van der Waals surface area contributed by atoms with Crippen LogP contribution in [0.4, 0.5) is 10.1 Å². The van der Waals surface area contributed by atoms with Gasteiger partial charge in [-0.05, 0) is 18.2 Å². The summed E-state index contributed by atoms with van der Waals surface area (Å²) in [6, 6.07) is 5.82. The lowest BCUT2D eigenvalue weighted by molar-refractivity contribution is 0.627. The summed E-state index contributed by atoms with van der Waals surface area (Å²) in [5.74, 6) is -0.434. The molecule has 0 fully saturated rings. The Kier molecular flexibility index (Phi) is 3.49. The summed E-state index contributed by atoms with van der Waals surface area (Å²) in [7, 11) is 0. The van der Waals surface area contributed by atoms with E-state index in [-0.39, 0.29) is 5.56 Å². The maximum absolute atomic E-state index is 12.7. The number of hydrogen-bond donors (Lipinski definition) is 1. The number of benzene rings is 1. The molecule has 0 aromatic heterocycles. The van der Waals surface area contributed by atoms with E-state index in [1.54, 1.807) is 0 Å². The topological polar surface area (TPSA) is 35.8 Å². The van der Waals surface area contributed by atoms with Crippen molar-refractivity contribution in [2.24, 2.45) is 0 Å². The van der Waals surface area contributed by atoms with Crippen molar-refractivity contribution >= 4 is 17.3 Å². The maximum Gasteiger partial charge on any atom is 0.124 e. The minimum absolute atomic E-state index is 0.253. The molecule has 0 aliphatic carbocycles. The van der Waals surface area contributed by atoms with Crippen molar-refractivity contribution in [1.82, 2.24) is 0 Å². The Morgan fingerprint density at radius 1 is 1.64 bits per heavy atom. The predicted octanol–water partition coefficient (Wildman–Crippen LogP) is 2.86. The average molecular weight is 211 g/mol. The molecule has 1 aromatic rings. The summed E-state index contributed by atoms with van der Waals surface area (Å²) in [5, 5.41) is 12.0. The summed E-state index contributed by atoms with van der Waals surface area (Å²) < 4.78 is 12.7. The zero-order valence-electron chi connectivity index (χ0n) is 7.35. The zero-order chi connectivity index (χ0) is 10.6. The van der Waals surface area contributed by atoms with Gasteiger partial charge in [0.25, 0.3) is 0 Å². The summed E-state index contributed by atoms with van der Waals surface area (Å²) in [6.07, 6.45) is 0. The van der Waals surface area contributed by atoms with Gasteiger partial charge in [-0.1, -0.05) is 18.2 Å². The van der Waals surface area contributed by atoms with Crippen LogP contribution in [0.2, 0.25) is 0 Å². The second kappa shape index (κ2) is 4.64. The van der Waals surface area contributed by atoms with Gasteiger partial charge in [0.1, 0.15) is 11.9 Å². The third-order valence-corrected chi connectivity index (χ3v) is 1.71. The second-order valence-electron chi connectivity index (χ2n) is 2.67. The Morgan fingerprint density at radius 2 is 2.36 bits per heavy atom. The summed E-state index contributed by atoms with van der Waals surface area (Å²) >= 11 is 5.54. The van der Waals surface area contributed by atoms with Crippen LogP contribution in [0.1, 0.15) is 5.56 Å². The van der Waals surface area contributed by atoms with Crippen LogP contribution in [0, 0.1) is 17.1 Å². The SMILES string of the molecule is C=C(Cl)CNc1ccc(F)cc1C#N. The van der Waals surface area contributed by atoms with Crippen LogP contribution in [0.5, 0.6) is 0 Å². The Morgan fingerprint density at radius 3 is 2.93 bits per heavy atom. The molecule has 72 valence electrons. The molecular weight excluding hydrogens is 203 g/mol. The van der Waals surface area contributed by atoms with Gasteiger partial charge in [0.15, 0.2) is 0 Å². The van der Waals surface area contributed by atoms with Crippen LogP contribution in [-0.4, -0.2) is 6.54 Å². The van der Waals surface area contributed by atoms with Crippen LogP contribution in [0.15, 0.2) is 29.8 Å². The van der Waals surface area contributed by atoms with E-state index in [0.717, 1.165) is 0 Å². The molecule has 0 spiro atoms. The van der Waals surface area contributed by atoms with Crippen molar-refractivity contribution in [3.63, 3.8) is 0 Å². The third-order valence-electron chi connectivity index (χ3n) is 1.57. The molecule has 14 heavy (non-hydrogen) atoms. The largest absolute Gasteiger partial charge is 0.379 e. The molecular formula is C10H8ClFN2. The van der Waals surface area contributed by atoms with E-state index >= 15 is 0 Å². The molecule has 0 heterocycles. The van der Waals surface area contributed by atoms with Crippen molar-refractivity contribution < 1.29 is 4.39 Å². The van der Waals surface area contributed by atoms with Gasteiger partial charge in [-0.3, -0.25) is 0 Å². The third kappa shape index (κ3) is 2.75. The van der Waals surface area contributed by atoms with Crippen molar-refractivity contribution in [1.29, 1.82) is 5.26 Å². The molecule has 4 heteroatoms. The summed E-state index contributed by atoms with van der Waals surface area (Å²) in [6.45, 7) is 3.84. The van der Waals surface area contributed by atoms with Crippen LogP contribution >= 0.6 is 11.6 Å². The molecule has 1 aromatic carbocycles. The second-order valence-corrected chi connectivity index (χ2v) is 3.21. The average Bonchev–Trinajstić information content (AvgIpc) is 2.15. The van der Waals surface area contributed by atoms with Crippen molar-refractivity contribution in [2.45, 2.75) is 0 Å². The molecule has 1 rings (SSSR count). The van der Waals surface area contributed by atoms with Crippen LogP contribution in [0.25, 0.3) is 0 Å². The molecule has 0 aliphatic heterocycles. The lowest BCUT2D eigenvalue weighted by atomic mass is 10.2. The molecule has 0 atom stereocenters. The number of halogens is 2. The number of rotatable bonds is 3. The van der Waals surface area contributed by atoms with Gasteiger partial charge >= 0.3 is 0 Å². The highest BCUT2D eigenvalue weighted by molar-refractivity contribution is 6.29. The zero-order valence-corrected chi connectivity index (χ0v) is 8.11. The highest BCUT2D eigenvalue weighted by atomic mass is 35.5. The van der Waals surface area contributed by atoms with E-state index in [0.29, 0.717) is 17.3 Å². The van der Waals surface area contributed by atoms with Gasteiger partial charge in [0.2, 0.25) is 0 Å². The van der Waals surface area contributed by atoms with E-state index in [9.17, 15) is 4.39 Å². The molecule has 2 nitrogen and oxygen atoms in total. The summed E-state index contributed by atoms with van der Waals surface area (Å²) in [4.78, 5) is 0. The standard InChI is InChI=1S/C10H8ClFN2/c1-7(11)6-14-10-3-2-9(12)4-8(10)5-13/h2-4,14H,1,6H2. The number of nitrogens with zero attached hydrogens (tertiary/aromatic N) is 1. The lowest BCUT2D eigenvalue weighted by Gasteiger charge is -2.06. The smallest absolute Gasteiger partial charge is 0.124 e. The van der Waals surface area contributed by atoms with E-state index in [1.165, 1.54) is 18.2 Å². The summed E-state index contributed by atoms with van der Waals surface area (Å²) in [5.41, 5.74) is 0.804. The monoisotopic (exact) mass is 210 g/mol. The molecule has 0 aliphatic rings. The highest BCUT2D eigenvalue weighted by Crippen LogP contribution is 2.16. The highest BCUT2D eigenvalue weighted by Gasteiger charge is 2.02. The van der Waals surface area contributed by atoms with Gasteiger partial charge in [-0.25, -0.2) is 4.39 Å². The van der Waals surface area contributed by atoms with Crippen LogP contribution in [0.3, 0.4) is 0 Å². The number of nitrogens with one attached hydrogen (secondary N) is 1. The number of anilines is 1. The van der Waals surface area contributed by atoms with Gasteiger partial charge < -0.3 is 5.32 Å². The molecule has 0 amide bonds. The van der Waals surface area contributed by atoms with E-state index < -0.39 is 5.82 Å². The van der Waals surface area contributed by atoms with Crippen LogP contribution < -0.4 is 5.32 Å². The van der Waals surface area contributed by atoms with E-state index in [4.69, 9.17) is 16.9 Å². The first kappa shape index (κ1) is 10.6. The van der Waals surface area contributed by atoms with Crippen molar-refractivity contribution in [3.05, 3.63) is 41.2 Å². The molecule has 0 saturated carbocycles. The van der Waals surface area contributed by atoms with E-state index in [2.05, 4.69) is 11.9 Å².